The van der Waals surface area contributed by atoms with Crippen molar-refractivity contribution in [2.45, 2.75) is 0 Å². The third-order valence-corrected chi connectivity index (χ3v) is 2.67. The van der Waals surface area contributed by atoms with E-state index in [1.165, 1.54) is 0 Å². The normalized spacial score (nSPS) is 11.1. The molecule has 0 fully saturated rings. The lowest BCUT2D eigenvalue weighted by atomic mass is 10.1. The van der Waals surface area contributed by atoms with E-state index in [2.05, 4.69) is 5.10 Å². The Morgan fingerprint density at radius 1 is 1.31 bits per heavy atom. The zero-order valence-electron chi connectivity index (χ0n) is 8.84. The molecule has 2 N–H and O–H groups in total. The van der Waals surface area contributed by atoms with Gasteiger partial charge in [0.1, 0.15) is 11.4 Å². The molecule has 0 aliphatic heterocycles. The van der Waals surface area contributed by atoms with Gasteiger partial charge >= 0.3 is 0 Å². The highest BCUT2D eigenvalue weighted by Gasteiger charge is 2.10. The van der Waals surface area contributed by atoms with Crippen LogP contribution in [0.5, 0.6) is 0 Å². The number of para-hydroxylation sites is 1. The molecule has 3 rings (SSSR count). The van der Waals surface area contributed by atoms with Crippen LogP contribution in [0.1, 0.15) is 0 Å². The van der Waals surface area contributed by atoms with Crippen LogP contribution < -0.4 is 5.73 Å². The molecule has 0 bridgehead atoms. The molecule has 0 aliphatic carbocycles. The van der Waals surface area contributed by atoms with Crippen molar-refractivity contribution in [2.75, 3.05) is 5.73 Å². The fraction of sp³-hybridized carbons (Fsp3) is 0.0833. The summed E-state index contributed by atoms with van der Waals surface area (Å²) in [6.45, 7) is 0. The Kier molecular flexibility index (Phi) is 1.77. The molecule has 2 heterocycles. The Balaban J connectivity index is 2.29. The van der Waals surface area contributed by atoms with Gasteiger partial charge in [-0.1, -0.05) is 12.1 Å². The van der Waals surface area contributed by atoms with E-state index in [-0.39, 0.29) is 0 Å². The molecule has 0 saturated heterocycles. The number of hydrogen-bond donors (Lipinski definition) is 1. The predicted octanol–water partition coefficient (Wildman–Crippen LogP) is 2.42. The Morgan fingerprint density at radius 2 is 2.19 bits per heavy atom. The number of furan rings is 1. The summed E-state index contributed by atoms with van der Waals surface area (Å²) < 4.78 is 7.11. The molecule has 16 heavy (non-hydrogen) atoms. The van der Waals surface area contributed by atoms with Crippen molar-refractivity contribution in [2.24, 2.45) is 7.05 Å². The minimum absolute atomic E-state index is 0.638. The maximum Gasteiger partial charge on any atom is 0.143 e. The number of nitrogens with zero attached hydrogens (tertiary/aromatic N) is 2. The van der Waals surface area contributed by atoms with Gasteiger partial charge in [0, 0.05) is 24.1 Å². The minimum Gasteiger partial charge on any atom is -0.464 e. The van der Waals surface area contributed by atoms with Gasteiger partial charge in [-0.15, -0.1) is 0 Å². The molecule has 80 valence electrons. The minimum atomic E-state index is 0.638. The monoisotopic (exact) mass is 213 g/mol. The zero-order valence-corrected chi connectivity index (χ0v) is 8.84. The molecule has 0 unspecified atom stereocenters. The molecular formula is C12H11N3O. The summed E-state index contributed by atoms with van der Waals surface area (Å²) >= 11 is 0. The zero-order chi connectivity index (χ0) is 11.1. The van der Waals surface area contributed by atoms with Gasteiger partial charge in [0.15, 0.2) is 0 Å². The molecule has 0 aliphatic rings. The molecule has 0 atom stereocenters. The number of aryl methyl sites for hydroxylation is 1. The van der Waals surface area contributed by atoms with E-state index in [4.69, 9.17) is 10.2 Å². The molecule has 1 aromatic carbocycles. The smallest absolute Gasteiger partial charge is 0.143 e. The highest BCUT2D eigenvalue weighted by molar-refractivity contribution is 5.91. The van der Waals surface area contributed by atoms with Gasteiger partial charge in [-0.3, -0.25) is 4.68 Å². The third kappa shape index (κ3) is 1.20. The first kappa shape index (κ1) is 9.03. The van der Waals surface area contributed by atoms with Gasteiger partial charge in [0.05, 0.1) is 12.0 Å². The number of aromatic nitrogens is 2. The first-order chi connectivity index (χ1) is 7.75. The van der Waals surface area contributed by atoms with Crippen LogP contribution in [0.15, 0.2) is 41.0 Å². The Labute approximate surface area is 92.3 Å². The van der Waals surface area contributed by atoms with E-state index in [0.717, 1.165) is 22.2 Å². The number of hydrogen-bond acceptors (Lipinski definition) is 3. The topological polar surface area (TPSA) is 57.0 Å². The second-order valence-corrected chi connectivity index (χ2v) is 3.72. The lowest BCUT2D eigenvalue weighted by molar-refractivity contribution is 0.616. The summed E-state index contributed by atoms with van der Waals surface area (Å²) in [6, 6.07) is 9.75. The van der Waals surface area contributed by atoms with Crippen LogP contribution in [-0.2, 0) is 7.05 Å². The lowest BCUT2D eigenvalue weighted by Crippen LogP contribution is -1.96. The van der Waals surface area contributed by atoms with Gasteiger partial charge in [-0.05, 0) is 12.1 Å². The summed E-state index contributed by atoms with van der Waals surface area (Å²) in [6.07, 6.45) is 1.68. The van der Waals surface area contributed by atoms with Gasteiger partial charge in [0.25, 0.3) is 0 Å². The largest absolute Gasteiger partial charge is 0.464 e. The molecule has 3 aromatic rings. The van der Waals surface area contributed by atoms with E-state index in [1.807, 2.05) is 37.4 Å². The van der Waals surface area contributed by atoms with Crippen molar-refractivity contribution in [3.05, 3.63) is 36.6 Å². The maximum absolute atomic E-state index is 5.77. The number of nitrogens with two attached hydrogens (primary N) is 1. The van der Waals surface area contributed by atoms with E-state index in [1.54, 1.807) is 10.9 Å². The van der Waals surface area contributed by atoms with E-state index in [0.29, 0.717) is 5.82 Å². The molecule has 2 aromatic heterocycles. The number of fused-ring (bicyclic) bond motifs is 1. The summed E-state index contributed by atoms with van der Waals surface area (Å²) in [5, 5.41) is 5.41. The Hall–Kier alpha value is -2.23. The van der Waals surface area contributed by atoms with Crippen molar-refractivity contribution in [1.82, 2.24) is 9.78 Å². The van der Waals surface area contributed by atoms with Crippen LogP contribution >= 0.6 is 0 Å². The highest BCUT2D eigenvalue weighted by Crippen LogP contribution is 2.29. The first-order valence-electron chi connectivity index (χ1n) is 5.02. The van der Waals surface area contributed by atoms with E-state index >= 15 is 0 Å². The highest BCUT2D eigenvalue weighted by atomic mass is 16.3. The standard InChI is InChI=1S/C12H11N3O/c1-15-11(13)7-10(14-15)9-4-2-3-8-5-6-16-12(8)9/h2-7H,13H2,1H3. The molecule has 0 spiro atoms. The summed E-state index contributed by atoms with van der Waals surface area (Å²) in [5.74, 6) is 0.638. The summed E-state index contributed by atoms with van der Waals surface area (Å²) in [4.78, 5) is 0. The summed E-state index contributed by atoms with van der Waals surface area (Å²) in [7, 11) is 1.82. The van der Waals surface area contributed by atoms with Crippen LogP contribution in [0.25, 0.3) is 22.2 Å². The molecule has 4 nitrogen and oxygen atoms in total. The quantitative estimate of drug-likeness (QED) is 0.675. The first-order valence-corrected chi connectivity index (χ1v) is 5.02. The van der Waals surface area contributed by atoms with Crippen molar-refractivity contribution in [3.8, 4) is 11.3 Å². The van der Waals surface area contributed by atoms with Crippen molar-refractivity contribution in [1.29, 1.82) is 0 Å². The number of benzene rings is 1. The molecule has 0 amide bonds. The van der Waals surface area contributed by atoms with Crippen LogP contribution in [-0.4, -0.2) is 9.78 Å². The molecular weight excluding hydrogens is 202 g/mol. The predicted molar refractivity (Wildman–Crippen MR) is 62.8 cm³/mol. The van der Waals surface area contributed by atoms with Crippen LogP contribution in [0, 0.1) is 0 Å². The van der Waals surface area contributed by atoms with Gasteiger partial charge < -0.3 is 10.2 Å². The average molecular weight is 213 g/mol. The summed E-state index contributed by atoms with van der Waals surface area (Å²) in [5.41, 5.74) is 8.42. The third-order valence-electron chi connectivity index (χ3n) is 2.67. The number of anilines is 1. The van der Waals surface area contributed by atoms with Crippen molar-refractivity contribution in [3.63, 3.8) is 0 Å². The van der Waals surface area contributed by atoms with Crippen molar-refractivity contribution < 1.29 is 4.42 Å². The fourth-order valence-corrected chi connectivity index (χ4v) is 1.81. The van der Waals surface area contributed by atoms with Gasteiger partial charge in [-0.2, -0.15) is 5.10 Å². The number of rotatable bonds is 1. The van der Waals surface area contributed by atoms with Crippen LogP contribution in [0.3, 0.4) is 0 Å². The van der Waals surface area contributed by atoms with Crippen molar-refractivity contribution >= 4 is 16.8 Å². The average Bonchev–Trinajstić information content (AvgIpc) is 2.85. The lowest BCUT2D eigenvalue weighted by Gasteiger charge is -1.97. The second kappa shape index (κ2) is 3.13. The van der Waals surface area contributed by atoms with E-state index in [9.17, 15) is 0 Å². The number of nitrogen functional groups attached to an aromatic ring is 1. The van der Waals surface area contributed by atoms with Gasteiger partial charge in [0.2, 0.25) is 0 Å². The molecule has 4 heteroatoms. The molecule has 0 radical (unpaired) electrons. The maximum atomic E-state index is 5.77. The SMILES string of the molecule is Cn1nc(-c2cccc3ccoc23)cc1N. The second-order valence-electron chi connectivity index (χ2n) is 3.72. The van der Waals surface area contributed by atoms with E-state index < -0.39 is 0 Å². The van der Waals surface area contributed by atoms with Crippen LogP contribution in [0.2, 0.25) is 0 Å². The fourth-order valence-electron chi connectivity index (χ4n) is 1.81. The molecule has 0 saturated carbocycles. The van der Waals surface area contributed by atoms with Gasteiger partial charge in [-0.25, -0.2) is 0 Å². The Bertz CT molecular complexity index is 632. The Morgan fingerprint density at radius 3 is 2.94 bits per heavy atom. The van der Waals surface area contributed by atoms with Crippen LogP contribution in [0.4, 0.5) is 5.82 Å².